The summed E-state index contributed by atoms with van der Waals surface area (Å²) in [5, 5.41) is 4.96. The molecule has 2 saturated heterocycles. The fourth-order valence-corrected chi connectivity index (χ4v) is 4.27. The quantitative estimate of drug-likeness (QED) is 0.840. The van der Waals surface area contributed by atoms with Crippen molar-refractivity contribution in [1.29, 1.82) is 0 Å². The normalized spacial score (nSPS) is 21.6. The van der Waals surface area contributed by atoms with Crippen molar-refractivity contribution in [3.63, 3.8) is 0 Å². The molecule has 0 amide bonds. The van der Waals surface area contributed by atoms with Crippen LogP contribution in [0, 0.1) is 0 Å². The summed E-state index contributed by atoms with van der Waals surface area (Å²) in [6.45, 7) is 21.2. The fraction of sp³-hybridized carbons (Fsp3) is 0.850. The molecule has 0 bridgehead atoms. The molecule has 5 nitrogen and oxygen atoms in total. The van der Waals surface area contributed by atoms with Crippen molar-refractivity contribution in [3.05, 3.63) is 17.0 Å². The van der Waals surface area contributed by atoms with Crippen LogP contribution < -0.4 is 0 Å². The topological polar surface area (TPSA) is 33.5 Å². The molecule has 2 aliphatic rings. The molecule has 0 N–H and O–H groups in total. The highest BCUT2D eigenvalue weighted by Crippen LogP contribution is 2.36. The van der Waals surface area contributed by atoms with Gasteiger partial charge in [0.2, 0.25) is 0 Å². The van der Waals surface area contributed by atoms with Gasteiger partial charge in [-0.1, -0.05) is 41.5 Å². The smallest absolute Gasteiger partial charge is 0.0805 e. The number of aromatic nitrogens is 2. The highest BCUT2D eigenvalue weighted by Gasteiger charge is 2.34. The molecule has 0 radical (unpaired) electrons. The molecule has 0 saturated carbocycles. The van der Waals surface area contributed by atoms with E-state index in [4.69, 9.17) is 9.84 Å². The van der Waals surface area contributed by atoms with E-state index in [2.05, 4.69) is 63.1 Å². The maximum Gasteiger partial charge on any atom is 0.0805 e. The summed E-state index contributed by atoms with van der Waals surface area (Å²) in [5.74, 6) is 0. The van der Waals surface area contributed by atoms with E-state index in [9.17, 15) is 0 Å². The third kappa shape index (κ3) is 3.93. The number of rotatable bonds is 3. The zero-order chi connectivity index (χ0) is 18.4. The van der Waals surface area contributed by atoms with Gasteiger partial charge < -0.3 is 4.74 Å². The van der Waals surface area contributed by atoms with Gasteiger partial charge in [-0.2, -0.15) is 5.10 Å². The molecular formula is C20H36N4O. The summed E-state index contributed by atoms with van der Waals surface area (Å²) in [4.78, 5) is 5.16. The average Bonchev–Trinajstić information content (AvgIpc) is 2.75. The first kappa shape index (κ1) is 18.9. The zero-order valence-corrected chi connectivity index (χ0v) is 17.2. The van der Waals surface area contributed by atoms with Crippen molar-refractivity contribution in [1.82, 2.24) is 19.6 Å². The van der Waals surface area contributed by atoms with Gasteiger partial charge in [0.1, 0.15) is 0 Å². The largest absolute Gasteiger partial charge is 0.378 e. The monoisotopic (exact) mass is 348 g/mol. The highest BCUT2D eigenvalue weighted by atomic mass is 16.5. The Morgan fingerprint density at radius 2 is 1.56 bits per heavy atom. The van der Waals surface area contributed by atoms with Crippen LogP contribution in [0.3, 0.4) is 0 Å². The van der Waals surface area contributed by atoms with Crippen molar-refractivity contribution in [2.24, 2.45) is 7.05 Å². The van der Waals surface area contributed by atoms with Gasteiger partial charge in [-0.3, -0.25) is 14.5 Å². The van der Waals surface area contributed by atoms with Gasteiger partial charge in [-0.25, -0.2) is 0 Å². The molecule has 1 aromatic rings. The SMILES string of the molecule is Cn1nc(CN2CCN(C3COC3)CC2)c(C(C)(C)C)c1C(C)(C)C. The van der Waals surface area contributed by atoms with E-state index in [0.29, 0.717) is 6.04 Å². The number of hydrogen-bond acceptors (Lipinski definition) is 4. The lowest BCUT2D eigenvalue weighted by Crippen LogP contribution is -2.56. The third-order valence-corrected chi connectivity index (χ3v) is 5.50. The number of piperazine rings is 1. The minimum atomic E-state index is 0.103. The van der Waals surface area contributed by atoms with E-state index in [0.717, 1.165) is 45.9 Å². The molecule has 25 heavy (non-hydrogen) atoms. The summed E-state index contributed by atoms with van der Waals surface area (Å²) in [6, 6.07) is 0.662. The highest BCUT2D eigenvalue weighted by molar-refractivity contribution is 5.37. The van der Waals surface area contributed by atoms with Gasteiger partial charge in [0, 0.05) is 56.4 Å². The molecule has 1 aromatic heterocycles. The minimum Gasteiger partial charge on any atom is -0.378 e. The second-order valence-electron chi connectivity index (χ2n) is 9.80. The lowest BCUT2D eigenvalue weighted by molar-refractivity contribution is -0.0774. The average molecular weight is 349 g/mol. The standard InChI is InChI=1S/C20H36N4O/c1-19(2,3)17-16(21-22(7)18(17)20(4,5)6)12-23-8-10-24(11-9-23)15-13-25-14-15/h15H,8-14H2,1-7H3. The molecule has 2 fully saturated rings. The van der Waals surface area contributed by atoms with Gasteiger partial charge in [-0.05, 0) is 5.41 Å². The number of hydrogen-bond donors (Lipinski definition) is 0. The first-order valence-electron chi connectivity index (χ1n) is 9.68. The van der Waals surface area contributed by atoms with Crippen LogP contribution >= 0.6 is 0 Å². The van der Waals surface area contributed by atoms with Crippen LogP contribution in [0.1, 0.15) is 58.5 Å². The Hall–Kier alpha value is -0.910. The Morgan fingerprint density at radius 3 is 2.00 bits per heavy atom. The summed E-state index contributed by atoms with van der Waals surface area (Å²) < 4.78 is 7.47. The molecule has 5 heteroatoms. The predicted molar refractivity (Wildman–Crippen MR) is 102 cm³/mol. The van der Waals surface area contributed by atoms with E-state index < -0.39 is 0 Å². The van der Waals surface area contributed by atoms with Gasteiger partial charge in [0.15, 0.2) is 0 Å². The molecule has 0 aliphatic carbocycles. The Balaban J connectivity index is 1.76. The lowest BCUT2D eigenvalue weighted by atomic mass is 9.78. The van der Waals surface area contributed by atoms with Crippen molar-refractivity contribution < 1.29 is 4.74 Å². The fourth-order valence-electron chi connectivity index (χ4n) is 4.27. The van der Waals surface area contributed by atoms with Crippen LogP contribution in [0.5, 0.6) is 0 Å². The van der Waals surface area contributed by atoms with Crippen molar-refractivity contribution >= 4 is 0 Å². The van der Waals surface area contributed by atoms with Crippen molar-refractivity contribution in [2.45, 2.75) is 65.0 Å². The predicted octanol–water partition coefficient (Wildman–Crippen LogP) is 2.53. The van der Waals surface area contributed by atoms with Crippen LogP contribution in [0.4, 0.5) is 0 Å². The van der Waals surface area contributed by atoms with Gasteiger partial charge in [0.25, 0.3) is 0 Å². The Kier molecular flexibility index (Phi) is 5.04. The Bertz CT molecular complexity index is 596. The van der Waals surface area contributed by atoms with Crippen LogP contribution in [-0.4, -0.2) is 65.0 Å². The zero-order valence-electron chi connectivity index (χ0n) is 17.2. The second kappa shape index (κ2) is 6.67. The Morgan fingerprint density at radius 1 is 0.960 bits per heavy atom. The summed E-state index contributed by atoms with van der Waals surface area (Å²) in [7, 11) is 2.11. The molecule has 0 spiro atoms. The van der Waals surface area contributed by atoms with E-state index in [1.807, 2.05) is 0 Å². The van der Waals surface area contributed by atoms with Crippen molar-refractivity contribution in [2.75, 3.05) is 39.4 Å². The molecule has 0 atom stereocenters. The molecule has 0 unspecified atom stereocenters. The molecule has 3 rings (SSSR count). The third-order valence-electron chi connectivity index (χ3n) is 5.50. The Labute approximate surface area is 153 Å². The molecule has 3 heterocycles. The van der Waals surface area contributed by atoms with Crippen LogP contribution in [0.2, 0.25) is 0 Å². The van der Waals surface area contributed by atoms with Crippen LogP contribution in [0.15, 0.2) is 0 Å². The van der Waals surface area contributed by atoms with Gasteiger partial charge in [-0.15, -0.1) is 0 Å². The first-order valence-corrected chi connectivity index (χ1v) is 9.68. The summed E-state index contributed by atoms with van der Waals surface area (Å²) >= 11 is 0. The molecule has 2 aliphatic heterocycles. The lowest BCUT2D eigenvalue weighted by Gasteiger charge is -2.42. The van der Waals surface area contributed by atoms with Gasteiger partial charge in [0.05, 0.1) is 24.9 Å². The van der Waals surface area contributed by atoms with Crippen molar-refractivity contribution in [3.8, 4) is 0 Å². The number of nitrogens with zero attached hydrogens (tertiary/aromatic N) is 4. The van der Waals surface area contributed by atoms with E-state index >= 15 is 0 Å². The molecule has 0 aromatic carbocycles. The first-order chi connectivity index (χ1) is 11.6. The van der Waals surface area contributed by atoms with E-state index in [1.165, 1.54) is 17.0 Å². The summed E-state index contributed by atoms with van der Waals surface area (Å²) in [5.41, 5.74) is 4.29. The maximum atomic E-state index is 5.34. The van der Waals surface area contributed by atoms with E-state index in [-0.39, 0.29) is 10.8 Å². The second-order valence-corrected chi connectivity index (χ2v) is 9.80. The molecular weight excluding hydrogens is 312 g/mol. The van der Waals surface area contributed by atoms with Crippen LogP contribution in [0.25, 0.3) is 0 Å². The van der Waals surface area contributed by atoms with Gasteiger partial charge >= 0.3 is 0 Å². The van der Waals surface area contributed by atoms with E-state index in [1.54, 1.807) is 0 Å². The molecule has 142 valence electrons. The summed E-state index contributed by atoms with van der Waals surface area (Å²) in [6.07, 6.45) is 0. The minimum absolute atomic E-state index is 0.103. The van der Waals surface area contributed by atoms with Crippen LogP contribution in [-0.2, 0) is 29.2 Å². The number of ether oxygens (including phenoxy) is 1. The maximum absolute atomic E-state index is 5.34. The number of aryl methyl sites for hydroxylation is 1.